The van der Waals surface area contributed by atoms with E-state index in [0.717, 1.165) is 0 Å². The molecule has 2 aromatic rings. The van der Waals surface area contributed by atoms with E-state index in [4.69, 9.17) is 5.26 Å². The van der Waals surface area contributed by atoms with Crippen molar-refractivity contribution in [3.05, 3.63) is 41.9 Å². The minimum absolute atomic E-state index is 0.184. The molecule has 2 N–H and O–H groups in total. The molecule has 2 rings (SSSR count). The molecule has 1 aromatic carbocycles. The Kier molecular flexibility index (Phi) is 4.04. The summed E-state index contributed by atoms with van der Waals surface area (Å²) in [6.45, 7) is 0. The molecule has 8 nitrogen and oxygen atoms in total. The molecule has 0 unspecified atom stereocenters. The van der Waals surface area contributed by atoms with Gasteiger partial charge in [-0.3, -0.25) is 0 Å². The number of anilines is 1. The van der Waals surface area contributed by atoms with Gasteiger partial charge in [-0.25, -0.2) is 4.79 Å². The number of rotatable bonds is 4. The summed E-state index contributed by atoms with van der Waals surface area (Å²) in [5.74, 6) is -0.250. The summed E-state index contributed by atoms with van der Waals surface area (Å²) in [5.41, 5.74) is 1.25. The highest BCUT2D eigenvalue weighted by atomic mass is 16.5. The molecule has 1 aromatic heterocycles. The number of H-pyrrole nitrogens is 1. The molecule has 0 amide bonds. The molecule has 0 spiro atoms. The highest BCUT2D eigenvalue weighted by molar-refractivity contribution is 5.90. The summed E-state index contributed by atoms with van der Waals surface area (Å²) < 4.78 is 4.63. The van der Waals surface area contributed by atoms with Crippen LogP contribution in [0.3, 0.4) is 0 Å². The van der Waals surface area contributed by atoms with Gasteiger partial charge in [0.25, 0.3) is 0 Å². The second kappa shape index (κ2) is 6.10. The van der Waals surface area contributed by atoms with Crippen LogP contribution in [0.4, 0.5) is 5.69 Å². The van der Waals surface area contributed by atoms with Crippen LogP contribution in [0.5, 0.6) is 0 Å². The van der Waals surface area contributed by atoms with Crippen molar-refractivity contribution < 1.29 is 9.53 Å². The first-order valence-electron chi connectivity index (χ1n) is 5.53. The summed E-state index contributed by atoms with van der Waals surface area (Å²) in [6, 6.07) is 8.62. The third-order valence-electron chi connectivity index (χ3n) is 2.37. The van der Waals surface area contributed by atoms with Crippen LogP contribution in [0.2, 0.25) is 0 Å². The number of hydrogen-bond acceptors (Lipinski definition) is 7. The van der Waals surface area contributed by atoms with Crippen molar-refractivity contribution >= 4 is 17.2 Å². The highest BCUT2D eigenvalue weighted by Gasteiger charge is 2.07. The van der Waals surface area contributed by atoms with E-state index in [1.165, 1.54) is 13.3 Å². The fourth-order valence-corrected chi connectivity index (χ4v) is 1.43. The maximum atomic E-state index is 11.4. The zero-order valence-corrected chi connectivity index (χ0v) is 10.5. The van der Waals surface area contributed by atoms with E-state index >= 15 is 0 Å². The zero-order valence-electron chi connectivity index (χ0n) is 10.5. The van der Waals surface area contributed by atoms with E-state index in [1.807, 2.05) is 6.07 Å². The number of hydrogen-bond donors (Lipinski definition) is 2. The van der Waals surface area contributed by atoms with Crippen molar-refractivity contribution in [2.75, 3.05) is 12.4 Å². The van der Waals surface area contributed by atoms with Crippen molar-refractivity contribution in [1.82, 2.24) is 20.6 Å². The molecule has 0 aliphatic heterocycles. The van der Waals surface area contributed by atoms with Crippen LogP contribution < -0.4 is 5.32 Å². The number of nitriles is 1. The van der Waals surface area contributed by atoms with Gasteiger partial charge in [0.15, 0.2) is 0 Å². The lowest BCUT2D eigenvalue weighted by atomic mass is 10.2. The number of tetrazole rings is 1. The second-order valence-corrected chi connectivity index (χ2v) is 3.62. The van der Waals surface area contributed by atoms with Crippen molar-refractivity contribution in [3.8, 4) is 6.07 Å². The average Bonchev–Trinajstić information content (AvgIpc) is 3.01. The molecule has 0 radical (unpaired) electrons. The Bertz CT molecular complexity index is 672. The first-order chi connectivity index (χ1) is 9.74. The number of nitrogens with one attached hydrogen (secondary N) is 2. The standard InChI is InChI=1S/C12H10N6O2/c1-20-12(19)8-3-2-4-10(5-8)14-7-9(6-13)11-15-17-18-16-11/h2-5,7,14H,1H3,(H,15,16,17,18). The van der Waals surface area contributed by atoms with E-state index in [0.29, 0.717) is 11.3 Å². The van der Waals surface area contributed by atoms with E-state index in [9.17, 15) is 4.79 Å². The monoisotopic (exact) mass is 270 g/mol. The summed E-state index contributed by atoms with van der Waals surface area (Å²) in [7, 11) is 1.31. The summed E-state index contributed by atoms with van der Waals surface area (Å²) in [4.78, 5) is 11.4. The molecule has 1 heterocycles. The molecule has 8 heteroatoms. The Balaban J connectivity index is 2.18. The number of carbonyl (C=O) groups is 1. The topological polar surface area (TPSA) is 117 Å². The molecule has 0 bridgehead atoms. The fourth-order valence-electron chi connectivity index (χ4n) is 1.43. The van der Waals surface area contributed by atoms with Crippen molar-refractivity contribution in [2.45, 2.75) is 0 Å². The van der Waals surface area contributed by atoms with Crippen LogP contribution in [0.1, 0.15) is 16.2 Å². The quantitative estimate of drug-likeness (QED) is 0.627. The molecule has 0 saturated heterocycles. The molecule has 0 fully saturated rings. The van der Waals surface area contributed by atoms with E-state index in [-0.39, 0.29) is 11.4 Å². The molecular formula is C12H10N6O2. The largest absolute Gasteiger partial charge is 0.465 e. The Morgan fingerprint density at radius 1 is 1.55 bits per heavy atom. The molecule has 0 atom stereocenters. The Hall–Kier alpha value is -3.21. The Morgan fingerprint density at radius 2 is 2.40 bits per heavy atom. The number of allylic oxidation sites excluding steroid dienone is 1. The number of esters is 1. The lowest BCUT2D eigenvalue weighted by Crippen LogP contribution is -2.01. The van der Waals surface area contributed by atoms with Gasteiger partial charge in [-0.1, -0.05) is 6.07 Å². The normalized spacial score (nSPS) is 10.7. The minimum Gasteiger partial charge on any atom is -0.465 e. The first kappa shape index (κ1) is 13.2. The first-order valence-corrected chi connectivity index (χ1v) is 5.53. The molecule has 0 aliphatic carbocycles. The number of aromatic nitrogens is 4. The third kappa shape index (κ3) is 2.97. The van der Waals surface area contributed by atoms with Crippen LogP contribution in [-0.2, 0) is 4.74 Å². The van der Waals surface area contributed by atoms with Crippen molar-refractivity contribution in [2.24, 2.45) is 0 Å². The fraction of sp³-hybridized carbons (Fsp3) is 0.0833. The van der Waals surface area contributed by atoms with E-state index in [2.05, 4.69) is 30.7 Å². The van der Waals surface area contributed by atoms with Gasteiger partial charge >= 0.3 is 5.97 Å². The molecule has 0 aliphatic rings. The van der Waals surface area contributed by atoms with Gasteiger partial charge in [-0.15, -0.1) is 10.2 Å². The molecular weight excluding hydrogens is 260 g/mol. The Labute approximate surface area is 114 Å². The highest BCUT2D eigenvalue weighted by Crippen LogP contribution is 2.13. The van der Waals surface area contributed by atoms with Crippen LogP contribution in [0, 0.1) is 11.3 Å². The summed E-state index contributed by atoms with van der Waals surface area (Å²) in [6.07, 6.45) is 1.43. The summed E-state index contributed by atoms with van der Waals surface area (Å²) >= 11 is 0. The number of aromatic amines is 1. The van der Waals surface area contributed by atoms with Gasteiger partial charge in [0.1, 0.15) is 11.6 Å². The average molecular weight is 270 g/mol. The second-order valence-electron chi connectivity index (χ2n) is 3.62. The number of carbonyl (C=O) groups excluding carboxylic acids is 1. The predicted molar refractivity (Wildman–Crippen MR) is 69.2 cm³/mol. The number of benzene rings is 1. The van der Waals surface area contributed by atoms with Crippen LogP contribution in [0.15, 0.2) is 30.5 Å². The lowest BCUT2D eigenvalue weighted by molar-refractivity contribution is 0.0601. The van der Waals surface area contributed by atoms with Crippen LogP contribution >= 0.6 is 0 Å². The maximum absolute atomic E-state index is 11.4. The van der Waals surface area contributed by atoms with Gasteiger partial charge in [0.2, 0.25) is 5.82 Å². The van der Waals surface area contributed by atoms with Gasteiger partial charge in [0, 0.05) is 11.9 Å². The molecule has 0 saturated carbocycles. The van der Waals surface area contributed by atoms with Gasteiger partial charge in [-0.05, 0) is 23.4 Å². The van der Waals surface area contributed by atoms with Crippen LogP contribution in [0.25, 0.3) is 5.57 Å². The predicted octanol–water partition coefficient (Wildman–Crippen LogP) is 0.963. The van der Waals surface area contributed by atoms with Crippen molar-refractivity contribution in [1.29, 1.82) is 5.26 Å². The van der Waals surface area contributed by atoms with E-state index < -0.39 is 5.97 Å². The van der Waals surface area contributed by atoms with Gasteiger partial charge < -0.3 is 10.1 Å². The number of nitrogens with zero attached hydrogens (tertiary/aromatic N) is 4. The lowest BCUT2D eigenvalue weighted by Gasteiger charge is -2.03. The number of methoxy groups -OCH3 is 1. The smallest absolute Gasteiger partial charge is 0.337 e. The maximum Gasteiger partial charge on any atom is 0.337 e. The number of ether oxygens (including phenoxy) is 1. The third-order valence-corrected chi connectivity index (χ3v) is 2.37. The molecule has 20 heavy (non-hydrogen) atoms. The zero-order chi connectivity index (χ0) is 14.4. The van der Waals surface area contributed by atoms with Crippen LogP contribution in [-0.4, -0.2) is 33.7 Å². The van der Waals surface area contributed by atoms with E-state index in [1.54, 1.807) is 24.3 Å². The van der Waals surface area contributed by atoms with Gasteiger partial charge in [0.05, 0.1) is 12.7 Å². The SMILES string of the molecule is COC(=O)c1cccc(NC=C(C#N)c2nn[nH]n2)c1. The molecule has 100 valence electrons. The van der Waals surface area contributed by atoms with Gasteiger partial charge in [-0.2, -0.15) is 10.5 Å². The Morgan fingerprint density at radius 3 is 3.05 bits per heavy atom. The summed E-state index contributed by atoms with van der Waals surface area (Å²) in [5, 5.41) is 24.9. The minimum atomic E-state index is -0.434. The van der Waals surface area contributed by atoms with Crippen molar-refractivity contribution in [3.63, 3.8) is 0 Å².